The molecule has 2 rings (SSSR count). The number of aromatic nitrogens is 1. The maximum absolute atomic E-state index is 11.2. The second-order valence-electron chi connectivity index (χ2n) is 3.55. The van der Waals surface area contributed by atoms with Crippen LogP contribution in [0.2, 0.25) is 6.32 Å². The quantitative estimate of drug-likeness (QED) is 0.505. The van der Waals surface area contributed by atoms with Crippen molar-refractivity contribution in [1.29, 1.82) is 0 Å². The van der Waals surface area contributed by atoms with Crippen LogP contribution in [0.5, 0.6) is 5.75 Å². The van der Waals surface area contributed by atoms with Gasteiger partial charge in [0, 0.05) is 11.4 Å². The first kappa shape index (κ1) is 10.7. The third-order valence-electron chi connectivity index (χ3n) is 2.36. The molecule has 0 bridgehead atoms. The average Bonchev–Trinajstić information content (AvgIpc) is 2.26. The number of fused-ring (bicyclic) bond motifs is 1. The van der Waals surface area contributed by atoms with E-state index in [4.69, 9.17) is 4.65 Å². The molecule has 0 spiro atoms. The normalized spacial score (nSPS) is 17.1. The maximum atomic E-state index is 11.2. The molecule has 0 fully saturated rings. The van der Waals surface area contributed by atoms with Crippen LogP contribution in [-0.4, -0.2) is 27.7 Å². The second kappa shape index (κ2) is 3.65. The number of nitroso groups, excluding NO2 is 1. The number of aryl methyl sites for hydroxylation is 1. The van der Waals surface area contributed by atoms with Crippen molar-refractivity contribution in [2.75, 3.05) is 0 Å². The van der Waals surface area contributed by atoms with Gasteiger partial charge in [0.2, 0.25) is 0 Å². The highest BCUT2D eigenvalue weighted by atomic mass is 16.6. The molecule has 2 N–H and O–H groups in total. The molecule has 0 saturated carbocycles. The van der Waals surface area contributed by atoms with E-state index in [1.807, 2.05) is 0 Å². The SMILES string of the molecule is O=NC(=O)c1ccnc2c1O[B-](O)(O)CC2. The fourth-order valence-electron chi connectivity index (χ4n) is 1.59. The molecule has 1 aromatic rings. The van der Waals surface area contributed by atoms with Crippen LogP contribution >= 0.6 is 0 Å². The molecule has 0 aromatic carbocycles. The van der Waals surface area contributed by atoms with Gasteiger partial charge in [-0.15, -0.1) is 4.91 Å². The number of amides is 1. The van der Waals surface area contributed by atoms with Gasteiger partial charge in [0.05, 0.1) is 11.3 Å². The van der Waals surface area contributed by atoms with Crippen molar-refractivity contribution in [2.45, 2.75) is 12.7 Å². The number of hydrogen-bond donors (Lipinski definition) is 2. The number of carbonyl (C=O) groups excluding carboxylic acids is 1. The summed E-state index contributed by atoms with van der Waals surface area (Å²) >= 11 is 0. The van der Waals surface area contributed by atoms with Crippen LogP contribution in [0.3, 0.4) is 0 Å². The lowest BCUT2D eigenvalue weighted by molar-refractivity contribution is 0.0997. The van der Waals surface area contributed by atoms with Crippen molar-refractivity contribution in [3.63, 3.8) is 0 Å². The highest BCUT2D eigenvalue weighted by Gasteiger charge is 2.31. The van der Waals surface area contributed by atoms with Crippen LogP contribution in [0, 0.1) is 4.91 Å². The highest BCUT2D eigenvalue weighted by molar-refractivity contribution is 6.59. The molecule has 0 aliphatic carbocycles. The monoisotopic (exact) mass is 223 g/mol. The van der Waals surface area contributed by atoms with Crippen LogP contribution in [0.1, 0.15) is 16.1 Å². The largest absolute Gasteiger partial charge is 0.668 e. The predicted octanol–water partition coefficient (Wildman–Crippen LogP) is -0.153. The molecule has 84 valence electrons. The van der Waals surface area contributed by atoms with E-state index >= 15 is 0 Å². The summed E-state index contributed by atoms with van der Waals surface area (Å²) in [7, 11) is 0. The Labute approximate surface area is 90.1 Å². The number of carbonyl (C=O) groups is 1. The van der Waals surface area contributed by atoms with Gasteiger partial charge in [0.1, 0.15) is 5.75 Å². The summed E-state index contributed by atoms with van der Waals surface area (Å²) in [5.74, 6) is -1.09. The molecule has 0 saturated heterocycles. The minimum absolute atomic E-state index is 0.00611. The number of hydrogen-bond acceptors (Lipinski definition) is 6. The molecule has 8 heteroatoms. The lowest BCUT2D eigenvalue weighted by atomic mass is 9.71. The van der Waals surface area contributed by atoms with Gasteiger partial charge in [-0.25, -0.2) is 0 Å². The van der Waals surface area contributed by atoms with Crippen molar-refractivity contribution < 1.29 is 19.5 Å². The van der Waals surface area contributed by atoms with Crippen LogP contribution in [0.15, 0.2) is 17.4 Å². The second-order valence-corrected chi connectivity index (χ2v) is 3.55. The van der Waals surface area contributed by atoms with E-state index < -0.39 is 12.7 Å². The van der Waals surface area contributed by atoms with Crippen LogP contribution in [0.25, 0.3) is 0 Å². The Hall–Kier alpha value is -1.80. The average molecular weight is 223 g/mol. The third kappa shape index (κ3) is 1.80. The van der Waals surface area contributed by atoms with E-state index in [0.29, 0.717) is 5.69 Å². The van der Waals surface area contributed by atoms with Crippen molar-refractivity contribution in [1.82, 2.24) is 4.98 Å². The number of pyridine rings is 1. The Morgan fingerprint density at radius 1 is 1.56 bits per heavy atom. The topological polar surface area (TPSA) is 109 Å². The predicted molar refractivity (Wildman–Crippen MR) is 53.7 cm³/mol. The molecule has 16 heavy (non-hydrogen) atoms. The van der Waals surface area contributed by atoms with Crippen LogP contribution in [0.4, 0.5) is 0 Å². The summed E-state index contributed by atoms with van der Waals surface area (Å²) in [6.45, 7) is -2.98. The summed E-state index contributed by atoms with van der Waals surface area (Å²) in [6.07, 6.45) is 1.61. The summed E-state index contributed by atoms with van der Waals surface area (Å²) in [5.41, 5.74) is 0.309. The first-order valence-electron chi connectivity index (χ1n) is 4.68. The summed E-state index contributed by atoms with van der Waals surface area (Å²) in [6, 6.07) is 1.25. The lowest BCUT2D eigenvalue weighted by Crippen LogP contribution is -2.45. The zero-order chi connectivity index (χ0) is 11.8. The molecular weight excluding hydrogens is 215 g/mol. The Morgan fingerprint density at radius 2 is 2.31 bits per heavy atom. The number of rotatable bonds is 1. The Bertz CT molecular complexity index is 462. The van der Waals surface area contributed by atoms with Gasteiger partial charge in [-0.2, -0.15) is 0 Å². The molecule has 1 aliphatic heterocycles. The number of nitrogens with zero attached hydrogens (tertiary/aromatic N) is 2. The maximum Gasteiger partial charge on any atom is 0.430 e. The standard InChI is InChI=1S/C8H8BN2O5/c12-8(11-15)5-2-4-10-6-1-3-9(13,14)16-7(5)6/h2,4,13-14H,1,3H2/q-1. The van der Waals surface area contributed by atoms with Crippen molar-refractivity contribution in [2.24, 2.45) is 5.18 Å². The molecule has 1 aliphatic rings. The Morgan fingerprint density at radius 3 is 3.00 bits per heavy atom. The minimum Gasteiger partial charge on any atom is -0.668 e. The van der Waals surface area contributed by atoms with Gasteiger partial charge in [0.25, 0.3) is 0 Å². The smallest absolute Gasteiger partial charge is 0.430 e. The molecule has 2 heterocycles. The van der Waals surface area contributed by atoms with Gasteiger partial charge in [-0.05, 0) is 12.5 Å². The molecule has 1 amide bonds. The van der Waals surface area contributed by atoms with Gasteiger partial charge < -0.3 is 14.7 Å². The fourth-order valence-corrected chi connectivity index (χ4v) is 1.59. The lowest BCUT2D eigenvalue weighted by Gasteiger charge is -2.36. The fraction of sp³-hybridized carbons (Fsp3) is 0.250. The van der Waals surface area contributed by atoms with E-state index in [2.05, 4.69) is 10.2 Å². The van der Waals surface area contributed by atoms with Crippen molar-refractivity contribution >= 4 is 12.7 Å². The Balaban J connectivity index is 2.50. The van der Waals surface area contributed by atoms with Crippen LogP contribution in [-0.2, 0) is 6.42 Å². The van der Waals surface area contributed by atoms with E-state index in [-0.39, 0.29) is 24.1 Å². The van der Waals surface area contributed by atoms with E-state index in [0.717, 1.165) is 0 Å². The first-order valence-corrected chi connectivity index (χ1v) is 4.68. The highest BCUT2D eigenvalue weighted by Crippen LogP contribution is 2.31. The summed E-state index contributed by atoms with van der Waals surface area (Å²) < 4.78 is 4.86. The minimum atomic E-state index is -2.98. The molecule has 7 nitrogen and oxygen atoms in total. The van der Waals surface area contributed by atoms with Crippen LogP contribution < -0.4 is 4.65 Å². The van der Waals surface area contributed by atoms with E-state index in [1.54, 1.807) is 0 Å². The molecule has 0 radical (unpaired) electrons. The molecule has 1 aromatic heterocycles. The van der Waals surface area contributed by atoms with Gasteiger partial charge in [0.15, 0.2) is 0 Å². The van der Waals surface area contributed by atoms with Crippen molar-refractivity contribution in [3.8, 4) is 5.75 Å². The molecule has 0 unspecified atom stereocenters. The zero-order valence-corrected chi connectivity index (χ0v) is 8.16. The summed E-state index contributed by atoms with van der Waals surface area (Å²) in [5, 5.41) is 21.0. The Kier molecular flexibility index (Phi) is 2.45. The molecular formula is C8H8BN2O5-. The first-order chi connectivity index (χ1) is 7.53. The van der Waals surface area contributed by atoms with E-state index in [9.17, 15) is 19.7 Å². The van der Waals surface area contributed by atoms with Gasteiger partial charge >= 0.3 is 12.7 Å². The summed E-state index contributed by atoms with van der Waals surface area (Å²) in [4.78, 5) is 25.2. The van der Waals surface area contributed by atoms with E-state index in [1.165, 1.54) is 12.3 Å². The third-order valence-corrected chi connectivity index (χ3v) is 2.36. The zero-order valence-electron chi connectivity index (χ0n) is 8.16. The van der Waals surface area contributed by atoms with Gasteiger partial charge in [-0.3, -0.25) is 9.78 Å². The molecule has 0 atom stereocenters. The van der Waals surface area contributed by atoms with Gasteiger partial charge in [-0.1, -0.05) is 6.32 Å². The van der Waals surface area contributed by atoms with Crippen molar-refractivity contribution in [3.05, 3.63) is 28.4 Å².